The Labute approximate surface area is 229 Å². The summed E-state index contributed by atoms with van der Waals surface area (Å²) in [6, 6.07) is 9.37. The summed E-state index contributed by atoms with van der Waals surface area (Å²) < 4.78 is 33.0. The molecule has 0 saturated heterocycles. The highest BCUT2D eigenvalue weighted by Crippen LogP contribution is 2.44. The minimum absolute atomic E-state index is 0.00129. The van der Waals surface area contributed by atoms with Crippen LogP contribution in [0.3, 0.4) is 0 Å². The van der Waals surface area contributed by atoms with E-state index in [4.69, 9.17) is 5.10 Å². The molecule has 4 aromatic rings. The number of hydrogen-bond donors (Lipinski definition) is 1. The van der Waals surface area contributed by atoms with Crippen molar-refractivity contribution in [2.45, 2.75) is 60.4 Å². The molecule has 0 amide bonds. The number of nitrogens with zero attached hydrogens (tertiary/aromatic N) is 4. The van der Waals surface area contributed by atoms with Gasteiger partial charge in [-0.25, -0.2) is 13.9 Å². The van der Waals surface area contributed by atoms with Crippen LogP contribution in [0.15, 0.2) is 47.5 Å². The molecule has 39 heavy (non-hydrogen) atoms. The molecule has 2 aromatic heterocycles. The molecule has 9 heteroatoms. The van der Waals surface area contributed by atoms with E-state index in [9.17, 15) is 13.8 Å². The maximum absolute atomic E-state index is 14.5. The number of hydrogen-bond acceptors (Lipinski definition) is 4. The lowest BCUT2D eigenvalue weighted by Crippen LogP contribution is -2.30. The normalized spacial score (nSPS) is 15.5. The Bertz CT molecular complexity index is 1630. The van der Waals surface area contributed by atoms with Gasteiger partial charge in [0.2, 0.25) is 0 Å². The number of halogens is 1. The molecule has 0 fully saturated rings. The van der Waals surface area contributed by atoms with Gasteiger partial charge in [-0.2, -0.15) is 5.10 Å². The van der Waals surface area contributed by atoms with Crippen molar-refractivity contribution in [2.24, 2.45) is 0 Å². The molecular formula is C30H37FN5O2P. The number of aryl methyl sites for hydroxylation is 3. The molecule has 2 aromatic carbocycles. The van der Waals surface area contributed by atoms with Gasteiger partial charge in [-0.1, -0.05) is 20.8 Å². The molecule has 0 radical (unpaired) electrons. The van der Waals surface area contributed by atoms with Crippen LogP contribution in [0, 0.1) is 19.7 Å². The Hall–Kier alpha value is -3.22. The molecule has 206 valence electrons. The topological polar surface area (TPSA) is 73.8 Å². The first kappa shape index (κ1) is 27.4. The molecule has 1 atom stereocenters. The van der Waals surface area contributed by atoms with E-state index < -0.39 is 7.14 Å². The lowest BCUT2D eigenvalue weighted by Gasteiger charge is -2.21. The molecule has 0 saturated carbocycles. The molecule has 7 nitrogen and oxygen atoms in total. The van der Waals surface area contributed by atoms with Crippen molar-refractivity contribution < 1.29 is 8.96 Å². The molecule has 0 spiro atoms. The van der Waals surface area contributed by atoms with Crippen LogP contribution in [0.2, 0.25) is 0 Å². The summed E-state index contributed by atoms with van der Waals surface area (Å²) >= 11 is 0. The van der Waals surface area contributed by atoms with Crippen LogP contribution in [0.1, 0.15) is 61.7 Å². The molecule has 3 heterocycles. The van der Waals surface area contributed by atoms with E-state index in [1.165, 1.54) is 0 Å². The largest absolute Gasteiger partial charge is 0.338 e. The third-order valence-electron chi connectivity index (χ3n) is 8.07. The molecule has 5 rings (SSSR count). The van der Waals surface area contributed by atoms with Crippen LogP contribution in [0.4, 0.5) is 4.39 Å². The average Bonchev–Trinajstić information content (AvgIpc) is 3.51. The predicted molar refractivity (Wildman–Crippen MR) is 156 cm³/mol. The second kappa shape index (κ2) is 10.4. The summed E-state index contributed by atoms with van der Waals surface area (Å²) in [5.74, 6) is 0.425. The number of rotatable bonds is 7. The van der Waals surface area contributed by atoms with Gasteiger partial charge in [0, 0.05) is 54.6 Å². The van der Waals surface area contributed by atoms with E-state index in [0.717, 1.165) is 52.9 Å². The van der Waals surface area contributed by atoms with Crippen LogP contribution >= 0.6 is 7.14 Å². The molecule has 0 unspecified atom stereocenters. The zero-order valence-electron chi connectivity index (χ0n) is 23.6. The van der Waals surface area contributed by atoms with Crippen molar-refractivity contribution >= 4 is 12.4 Å². The van der Waals surface area contributed by atoms with Crippen molar-refractivity contribution in [3.8, 4) is 17.2 Å². The summed E-state index contributed by atoms with van der Waals surface area (Å²) in [5.41, 5.74) is 5.20. The number of benzene rings is 2. The fraction of sp³-hybridized carbons (Fsp3) is 0.400. The summed E-state index contributed by atoms with van der Waals surface area (Å²) in [7, 11) is -2.46. The lowest BCUT2D eigenvalue weighted by atomic mass is 10.0. The van der Waals surface area contributed by atoms with E-state index >= 15 is 0 Å². The van der Waals surface area contributed by atoms with Gasteiger partial charge in [0.1, 0.15) is 18.8 Å². The standard InChI is InChI=1S/C30H37FN5O2P/c1-7-22-18-23(10-11-26(22)39(38,8-2)9-3)34-14-15-35(30(34)37)29-27-21(6)32-13-12-25(27)33-36(29)24-16-19(4)28(31)20(5)17-24/h10-11,14-18,21,32H,7-9,12-13H2,1-6H3/t21-/m0/s1. The van der Waals surface area contributed by atoms with Gasteiger partial charge in [0.25, 0.3) is 0 Å². The summed E-state index contributed by atoms with van der Waals surface area (Å²) in [5, 5.41) is 9.33. The Morgan fingerprint density at radius 2 is 1.69 bits per heavy atom. The molecule has 1 N–H and O–H groups in total. The SMILES string of the molecule is CCc1cc(-n2ccn(-c3c4c(nn3-c3cc(C)c(F)c(C)c3)CCN[C@H]4C)c2=O)ccc1P(=O)(CC)CC. The van der Waals surface area contributed by atoms with Gasteiger partial charge in [0.15, 0.2) is 0 Å². The van der Waals surface area contributed by atoms with Crippen molar-refractivity contribution in [2.75, 3.05) is 18.9 Å². The van der Waals surface area contributed by atoms with E-state index in [2.05, 4.69) is 19.2 Å². The van der Waals surface area contributed by atoms with Crippen LogP contribution in [0.5, 0.6) is 0 Å². The lowest BCUT2D eigenvalue weighted by molar-refractivity contribution is 0.536. The third-order valence-corrected chi connectivity index (χ3v) is 11.4. The summed E-state index contributed by atoms with van der Waals surface area (Å²) in [6.45, 7) is 12.4. The summed E-state index contributed by atoms with van der Waals surface area (Å²) in [4.78, 5) is 14.0. The third kappa shape index (κ3) is 4.53. The fourth-order valence-electron chi connectivity index (χ4n) is 5.76. The first-order valence-electron chi connectivity index (χ1n) is 13.8. The Kier molecular flexibility index (Phi) is 7.29. The van der Waals surface area contributed by atoms with Gasteiger partial charge in [-0.05, 0) is 74.2 Å². The zero-order valence-corrected chi connectivity index (χ0v) is 24.5. The van der Waals surface area contributed by atoms with Crippen molar-refractivity contribution in [1.29, 1.82) is 0 Å². The van der Waals surface area contributed by atoms with Gasteiger partial charge in [-0.3, -0.25) is 9.13 Å². The van der Waals surface area contributed by atoms with Gasteiger partial charge >= 0.3 is 5.69 Å². The molecule has 0 aliphatic carbocycles. The van der Waals surface area contributed by atoms with Crippen LogP contribution in [-0.2, 0) is 17.4 Å². The minimum Gasteiger partial charge on any atom is -0.319 e. The van der Waals surface area contributed by atoms with E-state index in [1.807, 2.05) is 32.0 Å². The number of fused-ring (bicyclic) bond motifs is 1. The minimum atomic E-state index is -2.46. The average molecular weight is 550 g/mol. The van der Waals surface area contributed by atoms with Crippen molar-refractivity contribution in [1.82, 2.24) is 24.2 Å². The Balaban J connectivity index is 1.69. The first-order valence-corrected chi connectivity index (χ1v) is 15.9. The molecule has 1 aliphatic rings. The van der Waals surface area contributed by atoms with Gasteiger partial charge in [0.05, 0.1) is 17.1 Å². The van der Waals surface area contributed by atoms with Crippen molar-refractivity contribution in [3.05, 3.63) is 87.0 Å². The number of imidazole rings is 1. The molecule has 1 aliphatic heterocycles. The molecular weight excluding hydrogens is 512 g/mol. The maximum atomic E-state index is 14.5. The maximum Gasteiger partial charge on any atom is 0.338 e. The Morgan fingerprint density at radius 3 is 2.33 bits per heavy atom. The van der Waals surface area contributed by atoms with E-state index in [1.54, 1.807) is 52.2 Å². The fourth-order valence-corrected chi connectivity index (χ4v) is 7.98. The van der Waals surface area contributed by atoms with Crippen LogP contribution < -0.4 is 16.3 Å². The van der Waals surface area contributed by atoms with Gasteiger partial charge < -0.3 is 9.88 Å². The second-order valence-electron chi connectivity index (χ2n) is 10.4. The highest BCUT2D eigenvalue weighted by atomic mass is 31.2. The van der Waals surface area contributed by atoms with E-state index in [0.29, 0.717) is 29.3 Å². The highest BCUT2D eigenvalue weighted by Gasteiger charge is 2.29. The second-order valence-corrected chi connectivity index (χ2v) is 13.9. The monoisotopic (exact) mass is 549 g/mol. The first-order chi connectivity index (χ1) is 18.6. The molecule has 0 bridgehead atoms. The van der Waals surface area contributed by atoms with Crippen molar-refractivity contribution in [3.63, 3.8) is 0 Å². The number of nitrogens with one attached hydrogen (secondary N) is 1. The number of aromatic nitrogens is 4. The zero-order chi connectivity index (χ0) is 28.1. The quantitative estimate of drug-likeness (QED) is 0.315. The predicted octanol–water partition coefficient (Wildman–Crippen LogP) is 5.37. The highest BCUT2D eigenvalue weighted by molar-refractivity contribution is 7.71. The van der Waals surface area contributed by atoms with E-state index in [-0.39, 0.29) is 17.5 Å². The Morgan fingerprint density at radius 1 is 1.03 bits per heavy atom. The van der Waals surface area contributed by atoms with Gasteiger partial charge in [-0.15, -0.1) is 0 Å². The van der Waals surface area contributed by atoms with Crippen LogP contribution in [0.25, 0.3) is 17.2 Å². The van der Waals surface area contributed by atoms with Crippen LogP contribution in [-0.4, -0.2) is 37.8 Å². The smallest absolute Gasteiger partial charge is 0.319 e. The summed E-state index contributed by atoms with van der Waals surface area (Å²) in [6.07, 6.45) is 6.25.